The van der Waals surface area contributed by atoms with Crippen LogP contribution in [0.1, 0.15) is 37.0 Å². The van der Waals surface area contributed by atoms with Crippen molar-refractivity contribution in [1.82, 2.24) is 10.4 Å². The quantitative estimate of drug-likeness (QED) is 0.469. The monoisotopic (exact) mass is 496 g/mol. The van der Waals surface area contributed by atoms with Gasteiger partial charge in [0.25, 0.3) is 0 Å². The lowest BCUT2D eigenvalue weighted by Crippen LogP contribution is -2.41. The molecule has 2 fully saturated rings. The first-order valence-electron chi connectivity index (χ1n) is 10.5. The number of hydrogen-bond acceptors (Lipinski definition) is 6. The van der Waals surface area contributed by atoms with Crippen molar-refractivity contribution in [2.24, 2.45) is 5.92 Å². The summed E-state index contributed by atoms with van der Waals surface area (Å²) in [6, 6.07) is 10.8. The van der Waals surface area contributed by atoms with Crippen LogP contribution in [0.15, 0.2) is 36.4 Å². The molecule has 2 N–H and O–H groups in total. The summed E-state index contributed by atoms with van der Waals surface area (Å²) in [5.41, 5.74) is 2.47. The second-order valence-electron chi connectivity index (χ2n) is 8.47. The molecular weight excluding hydrogens is 472 g/mol. The minimum atomic E-state index is -3.81. The number of thiophene rings is 1. The van der Waals surface area contributed by atoms with Crippen LogP contribution in [-0.2, 0) is 24.2 Å². The second-order valence-corrected chi connectivity index (χ2v) is 12.4. The van der Waals surface area contributed by atoms with E-state index in [0.717, 1.165) is 23.3 Å². The molecule has 0 bridgehead atoms. The number of rotatable bonds is 6. The highest BCUT2D eigenvalue weighted by Gasteiger charge is 2.50. The number of amides is 2. The molecular formula is C22H25ClN2O5S2. The molecule has 10 heteroatoms. The van der Waals surface area contributed by atoms with E-state index in [4.69, 9.17) is 16.8 Å². The summed E-state index contributed by atoms with van der Waals surface area (Å²) in [5, 5.41) is 9.76. The average molecular weight is 497 g/mol. The molecule has 32 heavy (non-hydrogen) atoms. The maximum absolute atomic E-state index is 13.6. The summed E-state index contributed by atoms with van der Waals surface area (Å²) >= 11 is 7.28. The summed E-state index contributed by atoms with van der Waals surface area (Å²) in [5.74, 6) is -0.617. The predicted molar refractivity (Wildman–Crippen MR) is 123 cm³/mol. The number of nitrogens with zero attached hydrogens (tertiary/aromatic N) is 1. The smallest absolute Gasteiger partial charge is 0.245 e. The molecule has 1 aliphatic carbocycles. The van der Waals surface area contributed by atoms with Crippen molar-refractivity contribution >= 4 is 44.6 Å². The summed E-state index contributed by atoms with van der Waals surface area (Å²) in [7, 11) is -3.81. The molecule has 1 atom stereocenters. The van der Waals surface area contributed by atoms with E-state index in [9.17, 15) is 18.0 Å². The molecule has 4 rings (SSSR count). The number of benzene rings is 1. The lowest BCUT2D eigenvalue weighted by Gasteiger charge is -2.30. The standard InChI is InChI=1S/C22H25ClN2O5S2/c23-17-5-3-16(4-6-17)18-7-8-19(31-18)22(14-20(26)24-28)9-10-25(11-12-32(22,29)30)21(27)13-15-1-2-15/h3-8,15,28H,1-2,9-14H2,(H,24,26)/t22-/m0/s1. The van der Waals surface area contributed by atoms with E-state index in [2.05, 4.69) is 0 Å². The molecule has 0 spiro atoms. The molecule has 7 nitrogen and oxygen atoms in total. The fourth-order valence-corrected chi connectivity index (χ4v) is 7.90. The lowest BCUT2D eigenvalue weighted by molar-refractivity contribution is -0.131. The van der Waals surface area contributed by atoms with Crippen molar-refractivity contribution in [3.63, 3.8) is 0 Å². The van der Waals surface area contributed by atoms with Gasteiger partial charge in [-0.3, -0.25) is 14.8 Å². The molecule has 1 aromatic carbocycles. The number of hydroxylamine groups is 1. The van der Waals surface area contributed by atoms with Gasteiger partial charge in [0, 0.05) is 34.3 Å². The Labute approximate surface area is 196 Å². The van der Waals surface area contributed by atoms with E-state index >= 15 is 0 Å². The summed E-state index contributed by atoms with van der Waals surface area (Å²) < 4.78 is 25.6. The number of halogens is 1. The van der Waals surface area contributed by atoms with E-state index < -0.39 is 26.9 Å². The van der Waals surface area contributed by atoms with Gasteiger partial charge < -0.3 is 4.90 Å². The molecule has 1 aromatic heterocycles. The third kappa shape index (κ3) is 4.71. The lowest BCUT2D eigenvalue weighted by atomic mass is 9.97. The fraction of sp³-hybridized carbons (Fsp3) is 0.455. The SMILES string of the molecule is O=C(C[C@]1(c2ccc(-c3ccc(Cl)cc3)s2)CCN(C(=O)CC2CC2)CCS1(=O)=O)NO. The number of nitrogens with one attached hydrogen (secondary N) is 1. The van der Waals surface area contributed by atoms with E-state index in [1.165, 1.54) is 11.3 Å². The molecule has 1 saturated heterocycles. The average Bonchev–Trinajstić information content (AvgIpc) is 3.46. The Morgan fingerprint density at radius 3 is 2.53 bits per heavy atom. The van der Waals surface area contributed by atoms with Gasteiger partial charge in [-0.05, 0) is 55.0 Å². The third-order valence-corrected chi connectivity index (χ3v) is 10.5. The first-order chi connectivity index (χ1) is 15.2. The highest BCUT2D eigenvalue weighted by Crippen LogP contribution is 2.45. The Balaban J connectivity index is 1.69. The molecule has 0 radical (unpaired) electrons. The zero-order valence-corrected chi connectivity index (χ0v) is 19.8. The van der Waals surface area contributed by atoms with Crippen LogP contribution in [-0.4, -0.2) is 49.2 Å². The van der Waals surface area contributed by atoms with E-state index in [1.807, 2.05) is 18.2 Å². The highest BCUT2D eigenvalue weighted by molar-refractivity contribution is 7.92. The van der Waals surface area contributed by atoms with Crippen LogP contribution >= 0.6 is 22.9 Å². The molecule has 1 aliphatic heterocycles. The Kier molecular flexibility index (Phi) is 6.63. The maximum atomic E-state index is 13.6. The zero-order chi connectivity index (χ0) is 22.9. The predicted octanol–water partition coefficient (Wildman–Crippen LogP) is 3.61. The maximum Gasteiger partial charge on any atom is 0.245 e. The zero-order valence-electron chi connectivity index (χ0n) is 17.4. The number of carbonyl (C=O) groups excluding carboxylic acids is 2. The van der Waals surface area contributed by atoms with Crippen molar-refractivity contribution < 1.29 is 23.2 Å². The van der Waals surface area contributed by atoms with Gasteiger partial charge in [0.2, 0.25) is 11.8 Å². The van der Waals surface area contributed by atoms with Crippen LogP contribution < -0.4 is 5.48 Å². The first-order valence-corrected chi connectivity index (χ1v) is 13.4. The topological polar surface area (TPSA) is 104 Å². The van der Waals surface area contributed by atoms with Crippen LogP contribution in [0.5, 0.6) is 0 Å². The van der Waals surface area contributed by atoms with Gasteiger partial charge in [0.15, 0.2) is 9.84 Å². The summed E-state index contributed by atoms with van der Waals surface area (Å²) in [4.78, 5) is 27.9. The number of sulfone groups is 1. The van der Waals surface area contributed by atoms with Gasteiger partial charge in [-0.25, -0.2) is 13.9 Å². The third-order valence-electron chi connectivity index (χ3n) is 6.28. The Hall–Kier alpha value is -1.94. The van der Waals surface area contributed by atoms with E-state index in [-0.39, 0.29) is 31.2 Å². The minimum absolute atomic E-state index is 0.0295. The first kappa shape index (κ1) is 23.2. The highest BCUT2D eigenvalue weighted by atomic mass is 35.5. The van der Waals surface area contributed by atoms with Crippen molar-refractivity contribution in [3.8, 4) is 10.4 Å². The van der Waals surface area contributed by atoms with Crippen LogP contribution in [0.2, 0.25) is 5.02 Å². The normalized spacial score (nSPS) is 22.9. The molecule has 0 unspecified atom stereocenters. The molecule has 172 valence electrons. The van der Waals surface area contributed by atoms with Crippen molar-refractivity contribution in [3.05, 3.63) is 46.3 Å². The molecule has 2 amide bonds. The Bertz CT molecular complexity index is 1110. The van der Waals surface area contributed by atoms with Gasteiger partial charge in [0.05, 0.1) is 12.2 Å². The molecule has 1 saturated carbocycles. The largest absolute Gasteiger partial charge is 0.342 e. The van der Waals surface area contributed by atoms with Crippen molar-refractivity contribution in [1.29, 1.82) is 0 Å². The number of hydrogen-bond donors (Lipinski definition) is 2. The van der Waals surface area contributed by atoms with Crippen molar-refractivity contribution in [2.45, 2.75) is 36.9 Å². The van der Waals surface area contributed by atoms with Gasteiger partial charge in [-0.1, -0.05) is 23.7 Å². The minimum Gasteiger partial charge on any atom is -0.342 e. The van der Waals surface area contributed by atoms with Crippen LogP contribution in [0.25, 0.3) is 10.4 Å². The molecule has 2 heterocycles. The molecule has 2 aromatic rings. The van der Waals surface area contributed by atoms with Gasteiger partial charge in [-0.2, -0.15) is 0 Å². The van der Waals surface area contributed by atoms with Gasteiger partial charge in [-0.15, -0.1) is 11.3 Å². The fourth-order valence-electron chi connectivity index (χ4n) is 4.17. The van der Waals surface area contributed by atoms with Crippen LogP contribution in [0.4, 0.5) is 0 Å². The van der Waals surface area contributed by atoms with E-state index in [0.29, 0.717) is 22.2 Å². The van der Waals surface area contributed by atoms with Crippen LogP contribution in [0, 0.1) is 5.92 Å². The van der Waals surface area contributed by atoms with E-state index in [1.54, 1.807) is 28.6 Å². The Morgan fingerprint density at radius 2 is 1.88 bits per heavy atom. The molecule has 2 aliphatic rings. The van der Waals surface area contributed by atoms with Crippen LogP contribution in [0.3, 0.4) is 0 Å². The Morgan fingerprint density at radius 1 is 1.16 bits per heavy atom. The van der Waals surface area contributed by atoms with Gasteiger partial charge >= 0.3 is 0 Å². The summed E-state index contributed by atoms with van der Waals surface area (Å²) in [6.07, 6.45) is 2.23. The van der Waals surface area contributed by atoms with Gasteiger partial charge in [0.1, 0.15) is 4.75 Å². The summed E-state index contributed by atoms with van der Waals surface area (Å²) in [6.45, 7) is 0.365. The second kappa shape index (κ2) is 9.13. The van der Waals surface area contributed by atoms with Crippen molar-refractivity contribution in [2.75, 3.05) is 18.8 Å². The number of carbonyl (C=O) groups is 2.